The van der Waals surface area contributed by atoms with Crippen molar-refractivity contribution in [3.05, 3.63) is 29.8 Å². The van der Waals surface area contributed by atoms with Crippen molar-refractivity contribution in [1.29, 1.82) is 5.26 Å². The minimum atomic E-state index is -0.0183. The fourth-order valence-electron chi connectivity index (χ4n) is 3.08. The Morgan fingerprint density at radius 2 is 2.19 bits per heavy atom. The van der Waals surface area contributed by atoms with Crippen LogP contribution in [-0.2, 0) is 11.2 Å². The lowest BCUT2D eigenvalue weighted by Crippen LogP contribution is -2.23. The van der Waals surface area contributed by atoms with Gasteiger partial charge in [0.1, 0.15) is 6.07 Å². The summed E-state index contributed by atoms with van der Waals surface area (Å²) in [5.74, 6) is 0.412. The number of nitriles is 1. The smallest absolute Gasteiger partial charge is 0.227 e. The number of nitrogens with zero attached hydrogens (tertiary/aromatic N) is 4. The maximum absolute atomic E-state index is 11.4. The van der Waals surface area contributed by atoms with Crippen LogP contribution in [0.5, 0.6) is 0 Å². The zero-order valence-electron chi connectivity index (χ0n) is 14.0. The molecule has 2 aliphatic heterocycles. The maximum atomic E-state index is 11.4. The lowest BCUT2D eigenvalue weighted by molar-refractivity contribution is -0.116. The van der Waals surface area contributed by atoms with Crippen molar-refractivity contribution in [3.63, 3.8) is 0 Å². The first-order valence-electron chi connectivity index (χ1n) is 8.51. The van der Waals surface area contributed by atoms with E-state index in [1.54, 1.807) is 12.4 Å². The Morgan fingerprint density at radius 1 is 1.27 bits per heavy atom. The number of rotatable bonds is 4. The molecule has 1 fully saturated rings. The molecule has 26 heavy (non-hydrogen) atoms. The number of aromatic nitrogens is 3. The first-order valence-corrected chi connectivity index (χ1v) is 8.51. The Kier molecular flexibility index (Phi) is 4.33. The predicted octanol–water partition coefficient (Wildman–Crippen LogP) is 1.15. The first-order chi connectivity index (χ1) is 12.7. The second-order valence-corrected chi connectivity index (χ2v) is 6.29. The number of carbonyl (C=O) groups excluding carboxylic acids is 1. The summed E-state index contributed by atoms with van der Waals surface area (Å²) in [4.78, 5) is 24.3. The van der Waals surface area contributed by atoms with Gasteiger partial charge in [0.05, 0.1) is 35.1 Å². The van der Waals surface area contributed by atoms with Crippen molar-refractivity contribution < 1.29 is 4.79 Å². The summed E-state index contributed by atoms with van der Waals surface area (Å²) in [7, 11) is 0. The summed E-state index contributed by atoms with van der Waals surface area (Å²) in [5.41, 5.74) is 3.20. The third-order valence-electron chi connectivity index (χ3n) is 4.40. The zero-order chi connectivity index (χ0) is 17.9. The molecule has 0 saturated carbocycles. The van der Waals surface area contributed by atoms with Crippen molar-refractivity contribution in [2.45, 2.75) is 25.3 Å². The molecule has 2 aliphatic rings. The molecule has 2 aromatic heterocycles. The van der Waals surface area contributed by atoms with Gasteiger partial charge in [-0.05, 0) is 19.0 Å². The van der Waals surface area contributed by atoms with Gasteiger partial charge in [-0.25, -0.2) is 15.0 Å². The van der Waals surface area contributed by atoms with Crippen molar-refractivity contribution in [3.8, 4) is 6.07 Å². The van der Waals surface area contributed by atoms with Gasteiger partial charge in [0.2, 0.25) is 11.9 Å². The van der Waals surface area contributed by atoms with Crippen LogP contribution in [0.1, 0.15) is 24.2 Å². The van der Waals surface area contributed by atoms with Gasteiger partial charge in [-0.15, -0.1) is 0 Å². The molecule has 1 amide bonds. The van der Waals surface area contributed by atoms with E-state index in [1.807, 2.05) is 6.07 Å². The SMILES string of the molecule is N#Cc1ncc(Nc2ncc3c(n2)CCC(=O)N3)cc1N[C@@H]1CCNC1. The molecule has 1 atom stereocenters. The molecule has 4 heterocycles. The molecule has 4 N–H and O–H groups in total. The van der Waals surface area contributed by atoms with Gasteiger partial charge >= 0.3 is 0 Å². The van der Waals surface area contributed by atoms with Crippen LogP contribution in [0.3, 0.4) is 0 Å². The largest absolute Gasteiger partial charge is 0.379 e. The van der Waals surface area contributed by atoms with Gasteiger partial charge in [-0.2, -0.15) is 5.26 Å². The number of hydrogen-bond acceptors (Lipinski definition) is 8. The Labute approximate surface area is 150 Å². The van der Waals surface area contributed by atoms with E-state index in [4.69, 9.17) is 0 Å². The quantitative estimate of drug-likeness (QED) is 0.646. The lowest BCUT2D eigenvalue weighted by atomic mass is 10.1. The maximum Gasteiger partial charge on any atom is 0.227 e. The fourth-order valence-corrected chi connectivity index (χ4v) is 3.08. The highest BCUT2D eigenvalue weighted by molar-refractivity contribution is 5.93. The summed E-state index contributed by atoms with van der Waals surface area (Å²) in [6.45, 7) is 1.83. The molecule has 0 aliphatic carbocycles. The second kappa shape index (κ2) is 6.93. The fraction of sp³-hybridized carbons (Fsp3) is 0.353. The molecule has 2 aromatic rings. The second-order valence-electron chi connectivity index (χ2n) is 6.29. The van der Waals surface area contributed by atoms with E-state index in [1.165, 1.54) is 0 Å². The first kappa shape index (κ1) is 16.2. The van der Waals surface area contributed by atoms with Crippen LogP contribution in [0, 0.1) is 11.3 Å². The molecule has 9 heteroatoms. The van der Waals surface area contributed by atoms with Crippen molar-refractivity contribution in [2.24, 2.45) is 0 Å². The summed E-state index contributed by atoms with van der Waals surface area (Å²) in [6.07, 6.45) is 5.20. The van der Waals surface area contributed by atoms with Gasteiger partial charge in [-0.1, -0.05) is 0 Å². The number of anilines is 4. The molecule has 1 saturated heterocycles. The average Bonchev–Trinajstić information content (AvgIpc) is 3.15. The summed E-state index contributed by atoms with van der Waals surface area (Å²) in [6, 6.07) is 4.23. The van der Waals surface area contributed by atoms with E-state index in [0.29, 0.717) is 41.5 Å². The normalized spacial score (nSPS) is 18.6. The van der Waals surface area contributed by atoms with E-state index in [-0.39, 0.29) is 11.9 Å². The molecular weight excluding hydrogens is 332 g/mol. The van der Waals surface area contributed by atoms with Crippen LogP contribution >= 0.6 is 0 Å². The Bertz CT molecular complexity index is 885. The molecule has 0 unspecified atom stereocenters. The molecule has 0 radical (unpaired) electrons. The van der Waals surface area contributed by atoms with Crippen molar-refractivity contribution in [1.82, 2.24) is 20.3 Å². The highest BCUT2D eigenvalue weighted by atomic mass is 16.1. The van der Waals surface area contributed by atoms with E-state index < -0.39 is 0 Å². The summed E-state index contributed by atoms with van der Waals surface area (Å²) < 4.78 is 0. The van der Waals surface area contributed by atoms with Crippen LogP contribution in [0.25, 0.3) is 0 Å². The monoisotopic (exact) mass is 350 g/mol. The van der Waals surface area contributed by atoms with E-state index in [2.05, 4.69) is 42.3 Å². The Hall–Kier alpha value is -3.25. The molecule has 9 nitrogen and oxygen atoms in total. The molecular formula is C17H18N8O. The predicted molar refractivity (Wildman–Crippen MR) is 96.1 cm³/mol. The minimum absolute atomic E-state index is 0.0183. The van der Waals surface area contributed by atoms with Gasteiger partial charge in [0, 0.05) is 25.4 Å². The molecule has 4 rings (SSSR count). The summed E-state index contributed by atoms with van der Waals surface area (Å²) >= 11 is 0. The number of hydrogen-bond donors (Lipinski definition) is 4. The Morgan fingerprint density at radius 3 is 3.00 bits per heavy atom. The lowest BCUT2D eigenvalue weighted by Gasteiger charge is -2.17. The van der Waals surface area contributed by atoms with E-state index in [0.717, 1.165) is 25.2 Å². The van der Waals surface area contributed by atoms with Crippen LogP contribution in [0.15, 0.2) is 18.5 Å². The molecule has 0 spiro atoms. The topological polar surface area (TPSA) is 128 Å². The third-order valence-corrected chi connectivity index (χ3v) is 4.40. The van der Waals surface area contributed by atoms with Crippen molar-refractivity contribution >= 4 is 28.9 Å². The number of pyridine rings is 1. The molecule has 0 aromatic carbocycles. The van der Waals surface area contributed by atoms with Crippen LogP contribution < -0.4 is 21.3 Å². The number of amides is 1. The number of aryl methyl sites for hydroxylation is 1. The van der Waals surface area contributed by atoms with Crippen LogP contribution in [0.2, 0.25) is 0 Å². The molecule has 0 bridgehead atoms. The van der Waals surface area contributed by atoms with E-state index in [9.17, 15) is 10.1 Å². The number of nitrogens with one attached hydrogen (secondary N) is 4. The van der Waals surface area contributed by atoms with Gasteiger partial charge in [0.25, 0.3) is 0 Å². The van der Waals surface area contributed by atoms with Crippen LogP contribution in [-0.4, -0.2) is 40.0 Å². The standard InChI is InChI=1S/C17H18N8O/c18-6-14-13(22-10-3-4-19-7-10)5-11(8-20-14)23-17-21-9-15-12(25-17)1-2-16(26)24-15/h5,8-10,19,22H,1-4,7H2,(H,24,26)(H,21,23,25)/t10-/m1/s1. The highest BCUT2D eigenvalue weighted by Gasteiger charge is 2.18. The van der Waals surface area contributed by atoms with Gasteiger partial charge in [0.15, 0.2) is 5.69 Å². The highest BCUT2D eigenvalue weighted by Crippen LogP contribution is 2.24. The van der Waals surface area contributed by atoms with Crippen molar-refractivity contribution in [2.75, 3.05) is 29.0 Å². The number of fused-ring (bicyclic) bond motifs is 1. The summed E-state index contributed by atoms with van der Waals surface area (Å²) in [5, 5.41) is 21.8. The van der Waals surface area contributed by atoms with Crippen LogP contribution in [0.4, 0.5) is 23.0 Å². The van der Waals surface area contributed by atoms with E-state index >= 15 is 0 Å². The third kappa shape index (κ3) is 3.41. The van der Waals surface area contributed by atoms with Gasteiger partial charge < -0.3 is 21.3 Å². The average molecular weight is 350 g/mol. The Balaban J connectivity index is 1.54. The number of carbonyl (C=O) groups is 1. The van der Waals surface area contributed by atoms with Gasteiger partial charge in [-0.3, -0.25) is 4.79 Å². The minimum Gasteiger partial charge on any atom is -0.379 e. The molecule has 132 valence electrons. The zero-order valence-corrected chi connectivity index (χ0v) is 14.0.